The molecule has 1 aliphatic carbocycles. The molecule has 0 spiro atoms. The topological polar surface area (TPSA) is 50.7 Å². The maximum Gasteiger partial charge on any atom is 0.281 e. The second-order valence-corrected chi connectivity index (χ2v) is 9.85. The Morgan fingerprint density at radius 3 is 2.44 bits per heavy atom. The molecule has 0 radical (unpaired) electrons. The van der Waals surface area contributed by atoms with Gasteiger partial charge in [0.1, 0.15) is 5.82 Å². The molecule has 5 rings (SSSR count). The molecule has 4 aromatic rings. The highest BCUT2D eigenvalue weighted by Gasteiger charge is 2.58. The van der Waals surface area contributed by atoms with E-state index >= 15 is 0 Å². The number of nitrogens with zero attached hydrogens (tertiary/aromatic N) is 2. The molecule has 0 aliphatic heterocycles. The summed E-state index contributed by atoms with van der Waals surface area (Å²) >= 11 is 0. The summed E-state index contributed by atoms with van der Waals surface area (Å²) in [4.78, 5) is 20.7. The third-order valence-electron chi connectivity index (χ3n) is 7.67. The van der Waals surface area contributed by atoms with Gasteiger partial charge in [0.25, 0.3) is 5.56 Å². The number of hydrogen-bond donors (Lipinski definition) is 1. The van der Waals surface area contributed by atoms with Gasteiger partial charge in [-0.15, -0.1) is 0 Å². The lowest BCUT2D eigenvalue weighted by Crippen LogP contribution is -2.21. The van der Waals surface area contributed by atoms with Crippen LogP contribution in [0.4, 0.5) is 0 Å². The van der Waals surface area contributed by atoms with Crippen LogP contribution in [0.3, 0.4) is 0 Å². The first-order valence-electron chi connectivity index (χ1n) is 11.5. The number of nitrogens with one attached hydrogen (secondary N) is 1. The summed E-state index contributed by atoms with van der Waals surface area (Å²) in [7, 11) is 0. The number of H-pyrrole nitrogens is 1. The lowest BCUT2D eigenvalue weighted by molar-refractivity contribution is 0.483. The van der Waals surface area contributed by atoms with Gasteiger partial charge < -0.3 is 9.55 Å². The summed E-state index contributed by atoms with van der Waals surface area (Å²) in [6.07, 6.45) is 1.07. The molecule has 0 bridgehead atoms. The fourth-order valence-corrected chi connectivity index (χ4v) is 5.89. The first-order valence-corrected chi connectivity index (χ1v) is 11.5. The zero-order valence-corrected chi connectivity index (χ0v) is 19.6. The summed E-state index contributed by atoms with van der Waals surface area (Å²) in [5.74, 6) is 1.93. The van der Waals surface area contributed by atoms with Crippen molar-refractivity contribution in [3.8, 4) is 11.1 Å². The zero-order valence-electron chi connectivity index (χ0n) is 19.6. The Morgan fingerprint density at radius 1 is 1.00 bits per heavy atom. The van der Waals surface area contributed by atoms with Crippen molar-refractivity contribution in [1.29, 1.82) is 0 Å². The van der Waals surface area contributed by atoms with Gasteiger partial charge in [0.15, 0.2) is 0 Å². The number of fused-ring (bicyclic) bond motifs is 1. The smallest absolute Gasteiger partial charge is 0.281 e. The number of rotatable bonds is 5. The first kappa shape index (κ1) is 20.7. The van der Waals surface area contributed by atoms with E-state index in [1.54, 1.807) is 0 Å². The van der Waals surface area contributed by atoms with Crippen molar-refractivity contribution in [2.24, 2.45) is 11.3 Å². The summed E-state index contributed by atoms with van der Waals surface area (Å²) in [6, 6.07) is 18.5. The Balaban J connectivity index is 1.45. The summed E-state index contributed by atoms with van der Waals surface area (Å²) in [5, 5.41) is 1.36. The fourth-order valence-electron chi connectivity index (χ4n) is 5.89. The number of para-hydroxylation sites is 1. The highest BCUT2D eigenvalue weighted by atomic mass is 16.1. The molecule has 2 aromatic carbocycles. The Morgan fingerprint density at radius 2 is 1.69 bits per heavy atom. The molecule has 164 valence electrons. The predicted octanol–water partition coefficient (Wildman–Crippen LogP) is 6.15. The quantitative estimate of drug-likeness (QED) is 0.417. The minimum absolute atomic E-state index is 0.138. The van der Waals surface area contributed by atoms with Crippen molar-refractivity contribution in [3.05, 3.63) is 87.7 Å². The number of aromatic nitrogens is 3. The average molecular weight is 426 g/mol. The summed E-state index contributed by atoms with van der Waals surface area (Å²) in [5.41, 5.74) is 6.78. The Labute approximate surface area is 189 Å². The van der Waals surface area contributed by atoms with Gasteiger partial charge in [-0.1, -0.05) is 62.4 Å². The van der Waals surface area contributed by atoms with Crippen molar-refractivity contribution in [3.63, 3.8) is 0 Å². The molecule has 0 amide bonds. The van der Waals surface area contributed by atoms with Gasteiger partial charge in [0.05, 0.1) is 5.56 Å². The van der Waals surface area contributed by atoms with Crippen LogP contribution >= 0.6 is 0 Å². The molecule has 32 heavy (non-hydrogen) atoms. The molecule has 1 aliphatic rings. The van der Waals surface area contributed by atoms with Crippen molar-refractivity contribution >= 4 is 10.9 Å². The maximum absolute atomic E-state index is 12.7. The second-order valence-electron chi connectivity index (χ2n) is 9.85. The minimum Gasteiger partial charge on any atom is -0.358 e. The SMILES string of the molecule is Cc1[nH]c2ccccc2c1C1C(CCn2c(C)nc(=O)c(-c3ccccc3)c2C)C1(C)C. The molecular weight excluding hydrogens is 394 g/mol. The van der Waals surface area contributed by atoms with Gasteiger partial charge in [-0.3, -0.25) is 4.79 Å². The normalized spacial score (nSPS) is 19.4. The lowest BCUT2D eigenvalue weighted by atomic mass is 10.0. The number of benzene rings is 2. The van der Waals surface area contributed by atoms with E-state index in [0.29, 0.717) is 11.8 Å². The van der Waals surface area contributed by atoms with Crippen LogP contribution in [0.5, 0.6) is 0 Å². The Kier molecular flexibility index (Phi) is 4.85. The first-order chi connectivity index (χ1) is 15.3. The molecule has 2 aromatic heterocycles. The van der Waals surface area contributed by atoms with Crippen LogP contribution in [0.1, 0.15) is 49.0 Å². The van der Waals surface area contributed by atoms with Gasteiger partial charge >= 0.3 is 0 Å². The third kappa shape index (κ3) is 3.21. The van der Waals surface area contributed by atoms with E-state index in [1.165, 1.54) is 22.2 Å². The predicted molar refractivity (Wildman–Crippen MR) is 131 cm³/mol. The van der Waals surface area contributed by atoms with E-state index in [4.69, 9.17) is 0 Å². The lowest BCUT2D eigenvalue weighted by Gasteiger charge is -2.17. The van der Waals surface area contributed by atoms with E-state index in [1.807, 2.05) is 37.3 Å². The highest BCUT2D eigenvalue weighted by Crippen LogP contribution is 2.67. The number of hydrogen-bond acceptors (Lipinski definition) is 2. The molecule has 1 saturated carbocycles. The van der Waals surface area contributed by atoms with Crippen LogP contribution in [-0.4, -0.2) is 14.5 Å². The maximum atomic E-state index is 12.7. The van der Waals surface area contributed by atoms with E-state index in [9.17, 15) is 4.79 Å². The average Bonchev–Trinajstić information content (AvgIpc) is 3.12. The Bertz CT molecular complexity index is 1360. The molecule has 0 saturated heterocycles. The molecule has 4 heteroatoms. The zero-order chi connectivity index (χ0) is 22.6. The van der Waals surface area contributed by atoms with E-state index in [-0.39, 0.29) is 11.0 Å². The molecule has 2 atom stereocenters. The van der Waals surface area contributed by atoms with Crippen LogP contribution < -0.4 is 5.56 Å². The van der Waals surface area contributed by atoms with Crippen molar-refractivity contribution in [2.45, 2.75) is 53.5 Å². The van der Waals surface area contributed by atoms with Crippen molar-refractivity contribution in [1.82, 2.24) is 14.5 Å². The fraction of sp³-hybridized carbons (Fsp3) is 0.357. The van der Waals surface area contributed by atoms with E-state index in [2.05, 4.69) is 66.5 Å². The van der Waals surface area contributed by atoms with Crippen LogP contribution in [0.25, 0.3) is 22.0 Å². The second kappa shape index (κ2) is 7.47. The van der Waals surface area contributed by atoms with Crippen molar-refractivity contribution < 1.29 is 0 Å². The van der Waals surface area contributed by atoms with Gasteiger partial charge in [0, 0.05) is 28.8 Å². The molecule has 4 nitrogen and oxygen atoms in total. The van der Waals surface area contributed by atoms with Gasteiger partial charge in [-0.2, -0.15) is 4.98 Å². The standard InChI is InChI=1S/C28H31N3O/c1-17-24(21-13-9-10-14-23(21)29-17)26-22(28(26,4)5)15-16-31-18(2)25(27(32)30-19(31)3)20-11-7-6-8-12-20/h6-14,22,26,29H,15-16H2,1-5H3. The monoisotopic (exact) mass is 425 g/mol. The molecule has 2 unspecified atom stereocenters. The Hall–Kier alpha value is -3.14. The summed E-state index contributed by atoms with van der Waals surface area (Å²) in [6.45, 7) is 11.9. The number of aryl methyl sites for hydroxylation is 2. The van der Waals surface area contributed by atoms with Crippen LogP contribution in [0, 0.1) is 32.1 Å². The molecule has 1 fully saturated rings. The third-order valence-corrected chi connectivity index (χ3v) is 7.67. The molecule has 1 N–H and O–H groups in total. The van der Waals surface area contributed by atoms with Crippen LogP contribution in [0.2, 0.25) is 0 Å². The van der Waals surface area contributed by atoms with Crippen LogP contribution in [-0.2, 0) is 6.54 Å². The number of aromatic amines is 1. The van der Waals surface area contributed by atoms with E-state index < -0.39 is 0 Å². The molecule has 2 heterocycles. The molecular formula is C28H31N3O. The van der Waals surface area contributed by atoms with Gasteiger partial charge in [0.2, 0.25) is 0 Å². The van der Waals surface area contributed by atoms with Gasteiger partial charge in [-0.05, 0) is 61.6 Å². The van der Waals surface area contributed by atoms with Crippen LogP contribution in [0.15, 0.2) is 59.4 Å². The largest absolute Gasteiger partial charge is 0.358 e. The highest BCUT2D eigenvalue weighted by molar-refractivity contribution is 5.86. The van der Waals surface area contributed by atoms with Crippen molar-refractivity contribution in [2.75, 3.05) is 0 Å². The minimum atomic E-state index is -0.138. The van der Waals surface area contributed by atoms with E-state index in [0.717, 1.165) is 35.6 Å². The summed E-state index contributed by atoms with van der Waals surface area (Å²) < 4.78 is 2.23. The van der Waals surface area contributed by atoms with Gasteiger partial charge in [-0.25, -0.2) is 0 Å².